The second-order valence-corrected chi connectivity index (χ2v) is 6.26. The second kappa shape index (κ2) is 9.46. The van der Waals surface area contributed by atoms with Crippen molar-refractivity contribution in [2.24, 2.45) is 0 Å². The Labute approximate surface area is 117 Å². The Morgan fingerprint density at radius 3 is 2.44 bits per heavy atom. The first kappa shape index (κ1) is 15.6. The summed E-state index contributed by atoms with van der Waals surface area (Å²) in [5, 5.41) is 4.32. The third-order valence-corrected chi connectivity index (χ3v) is 4.44. The van der Waals surface area contributed by atoms with Gasteiger partial charge in [0.25, 0.3) is 0 Å². The Balaban J connectivity index is 2.59. The van der Waals surface area contributed by atoms with Gasteiger partial charge in [0.05, 0.1) is 0 Å². The molecule has 0 heterocycles. The van der Waals surface area contributed by atoms with Crippen LogP contribution in [-0.2, 0) is 0 Å². The van der Waals surface area contributed by atoms with Crippen molar-refractivity contribution in [3.63, 3.8) is 0 Å². The van der Waals surface area contributed by atoms with E-state index in [4.69, 9.17) is 0 Å². The van der Waals surface area contributed by atoms with Gasteiger partial charge < -0.3 is 5.32 Å². The van der Waals surface area contributed by atoms with E-state index < -0.39 is 0 Å². The summed E-state index contributed by atoms with van der Waals surface area (Å²) in [5.74, 6) is 1.27. The number of unbranched alkanes of at least 4 members (excludes halogenated alkanes) is 1. The Hall–Kier alpha value is -0.470. The van der Waals surface area contributed by atoms with E-state index in [9.17, 15) is 0 Å². The van der Waals surface area contributed by atoms with E-state index in [0.717, 1.165) is 6.54 Å². The number of nitrogens with one attached hydrogen (secondary N) is 1. The molecular formula is C16H27NS. The predicted octanol–water partition coefficient (Wildman–Crippen LogP) is 4.65. The second-order valence-electron chi connectivity index (χ2n) is 4.77. The molecule has 0 bridgehead atoms. The van der Waals surface area contributed by atoms with Crippen molar-refractivity contribution < 1.29 is 0 Å². The van der Waals surface area contributed by atoms with Crippen LogP contribution in [0.25, 0.3) is 0 Å². The number of benzene rings is 1. The molecule has 1 nitrogen and oxygen atoms in total. The Kier molecular flexibility index (Phi) is 8.19. The summed E-state index contributed by atoms with van der Waals surface area (Å²) in [6, 6.07) is 11.3. The minimum atomic E-state index is 0.480. The van der Waals surface area contributed by atoms with Crippen molar-refractivity contribution in [3.8, 4) is 0 Å². The maximum absolute atomic E-state index is 3.69. The van der Waals surface area contributed by atoms with E-state index >= 15 is 0 Å². The minimum absolute atomic E-state index is 0.480. The average Bonchev–Trinajstić information content (AvgIpc) is 2.41. The summed E-state index contributed by atoms with van der Waals surface area (Å²) in [6.07, 6.45) is 3.80. The van der Waals surface area contributed by atoms with Crippen molar-refractivity contribution in [1.82, 2.24) is 5.32 Å². The van der Waals surface area contributed by atoms with Crippen LogP contribution in [0.15, 0.2) is 30.3 Å². The maximum Gasteiger partial charge on any atom is 0.0437 e. The fourth-order valence-electron chi connectivity index (χ4n) is 2.02. The molecule has 0 aliphatic carbocycles. The molecule has 1 aromatic carbocycles. The van der Waals surface area contributed by atoms with Crippen LogP contribution in [0.5, 0.6) is 0 Å². The normalized spacial score (nSPS) is 14.4. The first-order valence-electron chi connectivity index (χ1n) is 7.19. The fourth-order valence-corrected chi connectivity index (χ4v) is 3.30. The Morgan fingerprint density at radius 2 is 1.83 bits per heavy atom. The number of thioether (sulfide) groups is 1. The van der Waals surface area contributed by atoms with Crippen molar-refractivity contribution in [2.45, 2.75) is 51.3 Å². The molecule has 0 radical (unpaired) electrons. The molecule has 0 saturated heterocycles. The Morgan fingerprint density at radius 1 is 1.11 bits per heavy atom. The van der Waals surface area contributed by atoms with Gasteiger partial charge in [-0.05, 0) is 30.7 Å². The van der Waals surface area contributed by atoms with E-state index in [1.54, 1.807) is 0 Å². The zero-order chi connectivity index (χ0) is 13.2. The fraction of sp³-hybridized carbons (Fsp3) is 0.625. The monoisotopic (exact) mass is 265 g/mol. The lowest BCUT2D eigenvalue weighted by Crippen LogP contribution is -2.29. The molecule has 1 aromatic rings. The quantitative estimate of drug-likeness (QED) is 0.652. The zero-order valence-electron chi connectivity index (χ0n) is 12.0. The van der Waals surface area contributed by atoms with Gasteiger partial charge in [0.2, 0.25) is 0 Å². The molecule has 2 atom stereocenters. The van der Waals surface area contributed by atoms with Crippen LogP contribution in [0, 0.1) is 0 Å². The number of hydrogen-bond donors (Lipinski definition) is 1. The van der Waals surface area contributed by atoms with Gasteiger partial charge in [-0.3, -0.25) is 0 Å². The van der Waals surface area contributed by atoms with Gasteiger partial charge in [0.15, 0.2) is 0 Å². The minimum Gasteiger partial charge on any atom is -0.309 e. The van der Waals surface area contributed by atoms with Crippen LogP contribution in [0.3, 0.4) is 0 Å². The Bertz CT molecular complexity index is 299. The average molecular weight is 265 g/mol. The number of hydrogen-bond acceptors (Lipinski definition) is 2. The summed E-state index contributed by atoms with van der Waals surface area (Å²) in [4.78, 5) is 0. The molecule has 0 spiro atoms. The van der Waals surface area contributed by atoms with Crippen LogP contribution in [-0.4, -0.2) is 17.5 Å². The molecular weight excluding hydrogens is 238 g/mol. The molecule has 1 rings (SSSR count). The highest BCUT2D eigenvalue weighted by molar-refractivity contribution is 7.99. The zero-order valence-corrected chi connectivity index (χ0v) is 12.8. The van der Waals surface area contributed by atoms with Gasteiger partial charge >= 0.3 is 0 Å². The van der Waals surface area contributed by atoms with Crippen molar-refractivity contribution in [1.29, 1.82) is 0 Å². The van der Waals surface area contributed by atoms with Crippen molar-refractivity contribution in [3.05, 3.63) is 35.9 Å². The van der Waals surface area contributed by atoms with Crippen LogP contribution < -0.4 is 5.32 Å². The van der Waals surface area contributed by atoms with E-state index in [-0.39, 0.29) is 0 Å². The predicted molar refractivity (Wildman–Crippen MR) is 84.3 cm³/mol. The highest BCUT2D eigenvalue weighted by Crippen LogP contribution is 2.27. The van der Waals surface area contributed by atoms with Crippen LogP contribution in [0.2, 0.25) is 0 Å². The molecule has 0 aromatic heterocycles. The van der Waals surface area contributed by atoms with Crippen LogP contribution in [0.1, 0.15) is 51.6 Å². The van der Waals surface area contributed by atoms with E-state index in [0.29, 0.717) is 11.3 Å². The lowest BCUT2D eigenvalue weighted by atomic mass is 10.0. The van der Waals surface area contributed by atoms with E-state index in [1.807, 2.05) is 0 Å². The maximum atomic E-state index is 3.69. The molecule has 0 fully saturated rings. The SMILES string of the molecule is CCCCSC(C)C(NCCC)c1ccccc1. The first-order chi connectivity index (χ1) is 8.79. The molecule has 102 valence electrons. The lowest BCUT2D eigenvalue weighted by Gasteiger charge is -2.25. The lowest BCUT2D eigenvalue weighted by molar-refractivity contribution is 0.528. The van der Waals surface area contributed by atoms with E-state index in [2.05, 4.69) is 68.2 Å². The standard InChI is InChI=1S/C16H27NS/c1-4-6-13-18-14(3)16(17-12-5-2)15-10-8-7-9-11-15/h7-11,14,16-17H,4-6,12-13H2,1-3H3. The van der Waals surface area contributed by atoms with Crippen LogP contribution in [0.4, 0.5) is 0 Å². The molecule has 2 heteroatoms. The van der Waals surface area contributed by atoms with Gasteiger partial charge in [0, 0.05) is 11.3 Å². The van der Waals surface area contributed by atoms with Crippen molar-refractivity contribution >= 4 is 11.8 Å². The highest BCUT2D eigenvalue weighted by Gasteiger charge is 2.18. The largest absolute Gasteiger partial charge is 0.309 e. The molecule has 0 aliphatic rings. The molecule has 18 heavy (non-hydrogen) atoms. The third-order valence-electron chi connectivity index (χ3n) is 3.12. The summed E-state index contributed by atoms with van der Waals surface area (Å²) in [6.45, 7) is 7.93. The van der Waals surface area contributed by atoms with Crippen LogP contribution >= 0.6 is 11.8 Å². The van der Waals surface area contributed by atoms with Gasteiger partial charge in [-0.2, -0.15) is 11.8 Å². The van der Waals surface area contributed by atoms with Gasteiger partial charge in [-0.15, -0.1) is 0 Å². The number of rotatable bonds is 9. The molecule has 0 aliphatic heterocycles. The van der Waals surface area contributed by atoms with Gasteiger partial charge in [-0.25, -0.2) is 0 Å². The summed E-state index contributed by atoms with van der Waals surface area (Å²) >= 11 is 2.09. The van der Waals surface area contributed by atoms with Crippen molar-refractivity contribution in [2.75, 3.05) is 12.3 Å². The molecule has 1 N–H and O–H groups in total. The summed E-state index contributed by atoms with van der Waals surface area (Å²) < 4.78 is 0. The first-order valence-corrected chi connectivity index (χ1v) is 8.24. The van der Waals surface area contributed by atoms with E-state index in [1.165, 1.54) is 30.6 Å². The smallest absolute Gasteiger partial charge is 0.0437 e. The topological polar surface area (TPSA) is 12.0 Å². The third kappa shape index (κ3) is 5.45. The van der Waals surface area contributed by atoms with Gasteiger partial charge in [0.1, 0.15) is 0 Å². The summed E-state index contributed by atoms with van der Waals surface area (Å²) in [5.41, 5.74) is 1.42. The molecule has 0 amide bonds. The molecule has 2 unspecified atom stereocenters. The summed E-state index contributed by atoms with van der Waals surface area (Å²) in [7, 11) is 0. The molecule has 0 saturated carbocycles. The van der Waals surface area contributed by atoms with Gasteiger partial charge in [-0.1, -0.05) is 57.5 Å². The highest BCUT2D eigenvalue weighted by atomic mass is 32.2.